The third kappa shape index (κ3) is 6.50. The second-order valence-electron chi connectivity index (χ2n) is 8.35. The Labute approximate surface area is 209 Å². The number of benzene rings is 3. The molecule has 0 spiro atoms. The maximum absolute atomic E-state index is 13.2. The highest BCUT2D eigenvalue weighted by molar-refractivity contribution is 5.91. The summed E-state index contributed by atoms with van der Waals surface area (Å²) in [5.74, 6) is -1.80. The van der Waals surface area contributed by atoms with Gasteiger partial charge in [0.2, 0.25) is 5.91 Å². The molecule has 1 aliphatic heterocycles. The number of aliphatic carboxylic acids is 1. The van der Waals surface area contributed by atoms with Crippen LogP contribution in [0.25, 0.3) is 5.57 Å². The largest absolute Gasteiger partial charge is 0.480 e. The molecule has 3 aromatic rings. The average Bonchev–Trinajstić information content (AvgIpc) is 3.30. The van der Waals surface area contributed by atoms with Crippen LogP contribution >= 0.6 is 0 Å². The topological polar surface area (TPSA) is 119 Å². The van der Waals surface area contributed by atoms with Gasteiger partial charge in [-0.25, -0.2) is 9.59 Å². The molecule has 0 saturated heterocycles. The van der Waals surface area contributed by atoms with Crippen LogP contribution in [-0.2, 0) is 27.4 Å². The number of nitrogens with zero attached hydrogens (tertiary/aromatic N) is 1. The number of rotatable bonds is 10. The summed E-state index contributed by atoms with van der Waals surface area (Å²) in [6.07, 6.45) is 1.07. The van der Waals surface area contributed by atoms with E-state index in [1.165, 1.54) is 0 Å². The van der Waals surface area contributed by atoms with Crippen molar-refractivity contribution < 1.29 is 24.2 Å². The number of fused-ring (bicyclic) bond motifs is 1. The quantitative estimate of drug-likeness (QED) is 0.405. The summed E-state index contributed by atoms with van der Waals surface area (Å²) in [6.45, 7) is 0.0428. The Morgan fingerprint density at radius 1 is 0.778 bits per heavy atom. The van der Waals surface area contributed by atoms with Crippen LogP contribution in [0.3, 0.4) is 0 Å². The van der Waals surface area contributed by atoms with Crippen LogP contribution in [0.4, 0.5) is 10.5 Å². The standard InChI is InChI=1S/C28H26N3O5/c32-26(30-25(27(33)34)16-21-17-29-23-14-8-7-13-22(21)23)24(15-19-9-3-1-4-10-19)31-28(35)36-18-20-11-5-2-6-12-20/h1-14,17,24-25H,15-16,18H2,(H,30,32)(H,31,35)(H,33,34). The van der Waals surface area contributed by atoms with Gasteiger partial charge >= 0.3 is 12.1 Å². The van der Waals surface area contributed by atoms with Gasteiger partial charge in [0.15, 0.2) is 0 Å². The minimum Gasteiger partial charge on any atom is -0.480 e. The minimum atomic E-state index is -1.20. The van der Waals surface area contributed by atoms with Gasteiger partial charge in [0.25, 0.3) is 0 Å². The first-order valence-electron chi connectivity index (χ1n) is 11.5. The van der Waals surface area contributed by atoms with E-state index in [4.69, 9.17) is 4.74 Å². The molecule has 1 heterocycles. The van der Waals surface area contributed by atoms with Crippen molar-refractivity contribution in [1.29, 1.82) is 0 Å². The summed E-state index contributed by atoms with van der Waals surface area (Å²) in [7, 11) is 0. The lowest BCUT2D eigenvalue weighted by Gasteiger charge is -2.22. The molecule has 0 bridgehead atoms. The summed E-state index contributed by atoms with van der Waals surface area (Å²) in [5.41, 5.74) is 3.92. The number of para-hydroxylation sites is 1. The number of alkyl carbamates (subject to hydrolysis) is 1. The van der Waals surface area contributed by atoms with E-state index in [-0.39, 0.29) is 19.4 Å². The lowest BCUT2D eigenvalue weighted by Crippen LogP contribution is -2.52. The van der Waals surface area contributed by atoms with Crippen LogP contribution in [0.15, 0.2) is 91.1 Å². The Morgan fingerprint density at radius 2 is 1.42 bits per heavy atom. The molecule has 3 N–H and O–H groups in total. The highest BCUT2D eigenvalue weighted by Crippen LogP contribution is 2.32. The zero-order valence-electron chi connectivity index (χ0n) is 19.5. The fraction of sp³-hybridized carbons (Fsp3) is 0.179. The molecule has 0 fully saturated rings. The van der Waals surface area contributed by atoms with Crippen LogP contribution in [0.1, 0.15) is 23.1 Å². The van der Waals surface area contributed by atoms with E-state index < -0.39 is 30.1 Å². The SMILES string of the molecule is O=C(NC(Cc1ccccc1)C(=O)NC(CC1=C[N]c2ccccc21)C(=O)O)OCc1ccccc1. The van der Waals surface area contributed by atoms with Crippen molar-refractivity contribution >= 4 is 29.2 Å². The van der Waals surface area contributed by atoms with Crippen molar-refractivity contribution in [3.63, 3.8) is 0 Å². The average molecular weight is 485 g/mol. The van der Waals surface area contributed by atoms with Gasteiger partial charge in [0.05, 0.1) is 5.69 Å². The molecular formula is C28H26N3O5. The van der Waals surface area contributed by atoms with Gasteiger partial charge in [-0.15, -0.1) is 0 Å². The lowest BCUT2D eigenvalue weighted by atomic mass is 9.99. The van der Waals surface area contributed by atoms with Gasteiger partial charge in [-0.3, -0.25) is 10.1 Å². The predicted molar refractivity (Wildman–Crippen MR) is 134 cm³/mol. The first-order chi connectivity index (χ1) is 17.5. The molecule has 0 aliphatic carbocycles. The number of hydrogen-bond acceptors (Lipinski definition) is 4. The van der Waals surface area contributed by atoms with Gasteiger partial charge in [0, 0.05) is 24.6 Å². The molecule has 1 radical (unpaired) electrons. The fourth-order valence-corrected chi connectivity index (χ4v) is 3.90. The molecule has 8 nitrogen and oxygen atoms in total. The molecule has 4 rings (SSSR count). The molecule has 1 aliphatic rings. The number of carboxylic acid groups (broad SMARTS) is 1. The van der Waals surface area contributed by atoms with E-state index in [2.05, 4.69) is 16.0 Å². The molecule has 183 valence electrons. The number of ether oxygens (including phenoxy) is 1. The third-order valence-electron chi connectivity index (χ3n) is 5.75. The Kier molecular flexibility index (Phi) is 7.97. The number of nitrogens with one attached hydrogen (secondary N) is 2. The molecule has 0 aromatic heterocycles. The Morgan fingerprint density at radius 3 is 2.11 bits per heavy atom. The van der Waals surface area contributed by atoms with E-state index in [9.17, 15) is 19.5 Å². The molecule has 0 saturated carbocycles. The molecule has 2 amide bonds. The zero-order valence-corrected chi connectivity index (χ0v) is 19.5. The van der Waals surface area contributed by atoms with Crippen LogP contribution in [0.5, 0.6) is 0 Å². The first kappa shape index (κ1) is 24.5. The maximum atomic E-state index is 13.2. The van der Waals surface area contributed by atoms with E-state index in [1.54, 1.807) is 6.20 Å². The van der Waals surface area contributed by atoms with Crippen LogP contribution in [-0.4, -0.2) is 35.2 Å². The van der Waals surface area contributed by atoms with Crippen molar-refractivity contribution in [3.05, 3.63) is 108 Å². The third-order valence-corrected chi connectivity index (χ3v) is 5.75. The number of hydrogen-bond donors (Lipinski definition) is 3. The molecule has 2 unspecified atom stereocenters. The summed E-state index contributed by atoms with van der Waals surface area (Å²) in [5, 5.41) is 19.3. The van der Waals surface area contributed by atoms with Gasteiger partial charge in [-0.05, 0) is 22.8 Å². The highest BCUT2D eigenvalue weighted by Gasteiger charge is 2.29. The second-order valence-corrected chi connectivity index (χ2v) is 8.35. The van der Waals surface area contributed by atoms with Gasteiger partial charge in [-0.2, -0.15) is 0 Å². The second kappa shape index (κ2) is 11.7. The fourth-order valence-electron chi connectivity index (χ4n) is 3.90. The van der Waals surface area contributed by atoms with E-state index in [0.29, 0.717) is 5.57 Å². The molecule has 3 aromatic carbocycles. The number of amides is 2. The van der Waals surface area contributed by atoms with E-state index in [1.807, 2.05) is 84.9 Å². The number of carbonyl (C=O) groups excluding carboxylic acids is 2. The lowest BCUT2D eigenvalue weighted by molar-refractivity contribution is -0.141. The number of carboxylic acids is 1. The molecule has 36 heavy (non-hydrogen) atoms. The first-order valence-corrected chi connectivity index (χ1v) is 11.5. The zero-order chi connectivity index (χ0) is 25.3. The van der Waals surface area contributed by atoms with Crippen molar-refractivity contribution in [2.24, 2.45) is 0 Å². The van der Waals surface area contributed by atoms with Gasteiger partial charge in [0.1, 0.15) is 18.7 Å². The highest BCUT2D eigenvalue weighted by atomic mass is 16.5. The normalized spacial score (nSPS) is 13.4. The number of carbonyl (C=O) groups is 3. The predicted octanol–water partition coefficient (Wildman–Crippen LogP) is 3.77. The van der Waals surface area contributed by atoms with Crippen LogP contribution in [0, 0.1) is 0 Å². The monoisotopic (exact) mass is 484 g/mol. The van der Waals surface area contributed by atoms with Gasteiger partial charge in [-0.1, -0.05) is 78.9 Å². The summed E-state index contributed by atoms with van der Waals surface area (Å²) in [4.78, 5) is 37.7. The maximum Gasteiger partial charge on any atom is 0.408 e. The molecule has 8 heteroatoms. The Balaban J connectivity index is 1.44. The van der Waals surface area contributed by atoms with Gasteiger partial charge < -0.3 is 20.5 Å². The smallest absolute Gasteiger partial charge is 0.408 e. The Bertz CT molecular complexity index is 1240. The van der Waals surface area contributed by atoms with Crippen molar-refractivity contribution in [2.75, 3.05) is 0 Å². The van der Waals surface area contributed by atoms with Crippen LogP contribution in [0.2, 0.25) is 0 Å². The van der Waals surface area contributed by atoms with Crippen LogP contribution < -0.4 is 16.0 Å². The summed E-state index contributed by atoms with van der Waals surface area (Å²) >= 11 is 0. The summed E-state index contributed by atoms with van der Waals surface area (Å²) in [6, 6.07) is 23.5. The van der Waals surface area contributed by atoms with Crippen molar-refractivity contribution in [1.82, 2.24) is 16.0 Å². The Hall–Kier alpha value is -4.59. The molecule has 2 atom stereocenters. The van der Waals surface area contributed by atoms with E-state index >= 15 is 0 Å². The minimum absolute atomic E-state index is 0.0428. The van der Waals surface area contributed by atoms with E-state index in [0.717, 1.165) is 22.4 Å². The van der Waals surface area contributed by atoms with Crippen molar-refractivity contribution in [2.45, 2.75) is 31.5 Å². The summed E-state index contributed by atoms with van der Waals surface area (Å²) < 4.78 is 5.28. The van der Waals surface area contributed by atoms with Crippen molar-refractivity contribution in [3.8, 4) is 0 Å². The molecular weight excluding hydrogens is 458 g/mol.